The molecule has 4 nitrogen and oxygen atoms in total. The Balaban J connectivity index is 2.19. The molecule has 3 N–H and O–H groups in total. The first-order valence-corrected chi connectivity index (χ1v) is 5.71. The first-order chi connectivity index (χ1) is 8.70. The molecule has 2 rings (SSSR count). The van der Waals surface area contributed by atoms with Crippen molar-refractivity contribution in [1.82, 2.24) is 4.98 Å². The van der Waals surface area contributed by atoms with Crippen LogP contribution in [0.5, 0.6) is 0 Å². The number of rotatable bonds is 3. The second kappa shape index (κ2) is 5.42. The Morgan fingerprint density at radius 2 is 2.22 bits per heavy atom. The number of carbonyl (C=O) groups is 1. The summed E-state index contributed by atoms with van der Waals surface area (Å²) >= 11 is 0. The molecule has 0 saturated carbocycles. The summed E-state index contributed by atoms with van der Waals surface area (Å²) in [5.74, 6) is -0.151. The number of carbonyl (C=O) groups excluding carboxylic acids is 1. The molecule has 4 heteroatoms. The quantitative estimate of drug-likeness (QED) is 0.864. The Morgan fingerprint density at radius 1 is 1.39 bits per heavy atom. The summed E-state index contributed by atoms with van der Waals surface area (Å²) in [7, 11) is 0. The number of aromatic nitrogens is 1. The van der Waals surface area contributed by atoms with E-state index in [0.717, 1.165) is 16.8 Å². The molecule has 0 aliphatic heterocycles. The Hall–Kier alpha value is -2.20. The molecule has 1 aromatic carbocycles. The van der Waals surface area contributed by atoms with Crippen molar-refractivity contribution in [3.05, 3.63) is 59.4 Å². The van der Waals surface area contributed by atoms with Crippen molar-refractivity contribution in [3.8, 4) is 0 Å². The summed E-state index contributed by atoms with van der Waals surface area (Å²) in [6.07, 6.45) is 3.33. The van der Waals surface area contributed by atoms with E-state index < -0.39 is 0 Å². The van der Waals surface area contributed by atoms with Gasteiger partial charge in [-0.25, -0.2) is 0 Å². The number of pyridine rings is 1. The van der Waals surface area contributed by atoms with E-state index in [4.69, 9.17) is 5.73 Å². The summed E-state index contributed by atoms with van der Waals surface area (Å²) in [6.45, 7) is 2.35. The van der Waals surface area contributed by atoms with Gasteiger partial charge in [-0.2, -0.15) is 0 Å². The normalized spacial score (nSPS) is 10.1. The number of anilines is 1. The van der Waals surface area contributed by atoms with E-state index in [-0.39, 0.29) is 5.91 Å². The molecular formula is C14H15N3O. The van der Waals surface area contributed by atoms with Crippen LogP contribution < -0.4 is 11.1 Å². The molecule has 0 bridgehead atoms. The van der Waals surface area contributed by atoms with Crippen molar-refractivity contribution in [2.45, 2.75) is 13.5 Å². The van der Waals surface area contributed by atoms with Gasteiger partial charge in [-0.3, -0.25) is 9.78 Å². The van der Waals surface area contributed by atoms with Crippen LogP contribution in [-0.4, -0.2) is 10.9 Å². The third kappa shape index (κ3) is 2.73. The fourth-order valence-electron chi connectivity index (χ4n) is 1.63. The van der Waals surface area contributed by atoms with E-state index in [2.05, 4.69) is 10.3 Å². The highest BCUT2D eigenvalue weighted by atomic mass is 16.1. The number of hydrogen-bond acceptors (Lipinski definition) is 3. The molecule has 92 valence electrons. The van der Waals surface area contributed by atoms with Crippen molar-refractivity contribution in [2.24, 2.45) is 5.73 Å². The first kappa shape index (κ1) is 12.3. The molecule has 1 amide bonds. The van der Waals surface area contributed by atoms with Crippen LogP contribution in [0.4, 0.5) is 5.69 Å². The summed E-state index contributed by atoms with van der Waals surface area (Å²) in [4.78, 5) is 16.0. The van der Waals surface area contributed by atoms with Gasteiger partial charge in [0.15, 0.2) is 0 Å². The molecular weight excluding hydrogens is 226 g/mol. The Bertz CT molecular complexity index is 566. The summed E-state index contributed by atoms with van der Waals surface area (Å²) in [6, 6.07) is 9.13. The third-order valence-corrected chi connectivity index (χ3v) is 2.71. The van der Waals surface area contributed by atoms with Gasteiger partial charge in [0.05, 0.1) is 11.9 Å². The van der Waals surface area contributed by atoms with Crippen molar-refractivity contribution in [1.29, 1.82) is 0 Å². The van der Waals surface area contributed by atoms with E-state index in [1.807, 2.05) is 25.1 Å². The molecule has 18 heavy (non-hydrogen) atoms. The smallest absolute Gasteiger partial charge is 0.255 e. The fourth-order valence-corrected chi connectivity index (χ4v) is 1.63. The second-order valence-corrected chi connectivity index (χ2v) is 4.05. The first-order valence-electron chi connectivity index (χ1n) is 5.71. The monoisotopic (exact) mass is 241 g/mol. The molecule has 1 heterocycles. The number of nitrogens with zero attached hydrogens (tertiary/aromatic N) is 1. The third-order valence-electron chi connectivity index (χ3n) is 2.71. The van der Waals surface area contributed by atoms with Crippen LogP contribution in [0.1, 0.15) is 21.5 Å². The second-order valence-electron chi connectivity index (χ2n) is 4.05. The number of nitrogens with two attached hydrogens (primary N) is 1. The van der Waals surface area contributed by atoms with Gasteiger partial charge in [-0.15, -0.1) is 0 Å². The molecule has 0 atom stereocenters. The molecule has 0 saturated heterocycles. The van der Waals surface area contributed by atoms with Gasteiger partial charge in [0.2, 0.25) is 0 Å². The zero-order valence-corrected chi connectivity index (χ0v) is 10.2. The van der Waals surface area contributed by atoms with Gasteiger partial charge in [0.1, 0.15) is 0 Å². The highest BCUT2D eigenvalue weighted by Gasteiger charge is 2.07. The molecule has 0 unspecified atom stereocenters. The maximum absolute atomic E-state index is 12.1. The minimum absolute atomic E-state index is 0.151. The number of nitrogens with one attached hydrogen (secondary N) is 1. The largest absolute Gasteiger partial charge is 0.326 e. The molecule has 1 aromatic heterocycles. The standard InChI is InChI=1S/C14H15N3O/c1-10-5-6-16-9-13(10)17-14(18)12-4-2-3-11(7-12)8-15/h2-7,9H,8,15H2,1H3,(H,17,18). The zero-order chi connectivity index (χ0) is 13.0. The van der Waals surface area contributed by atoms with Crippen molar-refractivity contribution in [2.75, 3.05) is 5.32 Å². The molecule has 0 spiro atoms. The lowest BCUT2D eigenvalue weighted by Crippen LogP contribution is -2.13. The lowest BCUT2D eigenvalue weighted by Gasteiger charge is -2.08. The number of aryl methyl sites for hydroxylation is 1. The van der Waals surface area contributed by atoms with Crippen LogP contribution in [0.15, 0.2) is 42.7 Å². The zero-order valence-electron chi connectivity index (χ0n) is 10.2. The number of amides is 1. The highest BCUT2D eigenvalue weighted by Crippen LogP contribution is 2.13. The average Bonchev–Trinajstić information content (AvgIpc) is 2.41. The minimum Gasteiger partial charge on any atom is -0.326 e. The number of benzene rings is 1. The molecule has 0 radical (unpaired) electrons. The van der Waals surface area contributed by atoms with E-state index in [9.17, 15) is 4.79 Å². The average molecular weight is 241 g/mol. The topological polar surface area (TPSA) is 68.0 Å². The van der Waals surface area contributed by atoms with Crippen LogP contribution in [0, 0.1) is 6.92 Å². The van der Waals surface area contributed by atoms with Gasteiger partial charge >= 0.3 is 0 Å². The maximum Gasteiger partial charge on any atom is 0.255 e. The Kier molecular flexibility index (Phi) is 3.69. The predicted octanol–water partition coefficient (Wildman–Crippen LogP) is 2.10. The predicted molar refractivity (Wildman–Crippen MR) is 71.3 cm³/mol. The molecule has 2 aromatic rings. The maximum atomic E-state index is 12.1. The van der Waals surface area contributed by atoms with Crippen molar-refractivity contribution >= 4 is 11.6 Å². The minimum atomic E-state index is -0.151. The number of hydrogen-bond donors (Lipinski definition) is 2. The van der Waals surface area contributed by atoms with Crippen LogP contribution in [0.2, 0.25) is 0 Å². The van der Waals surface area contributed by atoms with E-state index in [1.165, 1.54) is 0 Å². The van der Waals surface area contributed by atoms with Gasteiger partial charge in [-0.1, -0.05) is 12.1 Å². The lowest BCUT2D eigenvalue weighted by molar-refractivity contribution is 0.102. The molecule has 0 aliphatic carbocycles. The Labute approximate surface area is 106 Å². The van der Waals surface area contributed by atoms with Crippen molar-refractivity contribution < 1.29 is 4.79 Å². The van der Waals surface area contributed by atoms with E-state index in [0.29, 0.717) is 12.1 Å². The summed E-state index contributed by atoms with van der Waals surface area (Å²) in [5.41, 5.74) is 8.79. The van der Waals surface area contributed by atoms with Crippen LogP contribution in [0.3, 0.4) is 0 Å². The van der Waals surface area contributed by atoms with Crippen LogP contribution in [-0.2, 0) is 6.54 Å². The van der Waals surface area contributed by atoms with E-state index >= 15 is 0 Å². The van der Waals surface area contributed by atoms with Gasteiger partial charge in [-0.05, 0) is 36.2 Å². The van der Waals surface area contributed by atoms with Gasteiger partial charge in [0, 0.05) is 18.3 Å². The Morgan fingerprint density at radius 3 is 2.94 bits per heavy atom. The van der Waals surface area contributed by atoms with E-state index in [1.54, 1.807) is 24.5 Å². The highest BCUT2D eigenvalue weighted by molar-refractivity contribution is 6.04. The van der Waals surface area contributed by atoms with Crippen LogP contribution in [0.25, 0.3) is 0 Å². The fraction of sp³-hybridized carbons (Fsp3) is 0.143. The van der Waals surface area contributed by atoms with Gasteiger partial charge in [0.25, 0.3) is 5.91 Å². The SMILES string of the molecule is Cc1ccncc1NC(=O)c1cccc(CN)c1. The molecule has 0 fully saturated rings. The van der Waals surface area contributed by atoms with Crippen LogP contribution >= 0.6 is 0 Å². The summed E-state index contributed by atoms with van der Waals surface area (Å²) < 4.78 is 0. The van der Waals surface area contributed by atoms with Gasteiger partial charge < -0.3 is 11.1 Å². The van der Waals surface area contributed by atoms with Crippen molar-refractivity contribution in [3.63, 3.8) is 0 Å². The molecule has 0 aliphatic rings. The lowest BCUT2D eigenvalue weighted by atomic mass is 10.1. The summed E-state index contributed by atoms with van der Waals surface area (Å²) in [5, 5.41) is 2.84.